The fraction of sp³-hybridized carbons (Fsp3) is 0.432. The summed E-state index contributed by atoms with van der Waals surface area (Å²) >= 11 is 0. The van der Waals surface area contributed by atoms with Crippen LogP contribution in [0.4, 0.5) is 0 Å². The summed E-state index contributed by atoms with van der Waals surface area (Å²) in [7, 11) is 12.7. The number of likely N-dealkylation sites (N-methyl/N-ethyl adjacent to an activating group) is 2. The Hall–Kier alpha value is -4.05. The quantitative estimate of drug-likeness (QED) is 0.179. The number of hydrogen-bond donors (Lipinski definition) is 0. The van der Waals surface area contributed by atoms with E-state index in [1.54, 1.807) is 0 Å². The molecule has 9 nitrogen and oxygen atoms in total. The Bertz CT molecular complexity index is 1630. The molecule has 0 unspecified atom stereocenters. The molecule has 246 valence electrons. The van der Waals surface area contributed by atoms with Crippen molar-refractivity contribution in [3.05, 3.63) is 139 Å². The van der Waals surface area contributed by atoms with Gasteiger partial charge in [-0.1, -0.05) is 91.0 Å². The lowest BCUT2D eigenvalue weighted by molar-refractivity contribution is -0.904. The van der Waals surface area contributed by atoms with Crippen molar-refractivity contribution in [2.75, 3.05) is 61.9 Å². The van der Waals surface area contributed by atoms with Crippen molar-refractivity contribution >= 4 is 0 Å². The Morgan fingerprint density at radius 2 is 0.696 bits per heavy atom. The fourth-order valence-corrected chi connectivity index (χ4v) is 6.12. The topological polar surface area (TPSA) is 66.0 Å². The van der Waals surface area contributed by atoms with Crippen LogP contribution in [0, 0.1) is 0 Å². The lowest BCUT2D eigenvalue weighted by Crippen LogP contribution is -2.57. The van der Waals surface area contributed by atoms with Gasteiger partial charge >= 0.3 is 17.1 Å². The Labute approximate surface area is 273 Å². The molecule has 0 radical (unpaired) electrons. The van der Waals surface area contributed by atoms with Gasteiger partial charge in [0.15, 0.2) is 0 Å². The van der Waals surface area contributed by atoms with Crippen molar-refractivity contribution < 1.29 is 13.4 Å². The highest BCUT2D eigenvalue weighted by atomic mass is 16.2. The van der Waals surface area contributed by atoms with E-state index in [1.165, 1.54) is 30.4 Å². The number of benzene rings is 3. The molecule has 0 fully saturated rings. The summed E-state index contributed by atoms with van der Waals surface area (Å²) < 4.78 is 5.78. The average molecular weight is 630 g/mol. The highest BCUT2D eigenvalue weighted by Crippen LogP contribution is 2.12. The van der Waals surface area contributed by atoms with E-state index < -0.39 is 17.1 Å². The first-order valence-electron chi connectivity index (χ1n) is 16.3. The fourth-order valence-electron chi connectivity index (χ4n) is 6.12. The van der Waals surface area contributed by atoms with E-state index in [1.807, 2.05) is 54.6 Å². The van der Waals surface area contributed by atoms with Crippen LogP contribution in [0.25, 0.3) is 0 Å². The number of quaternary nitrogens is 3. The third-order valence-corrected chi connectivity index (χ3v) is 8.75. The van der Waals surface area contributed by atoms with E-state index in [0.29, 0.717) is 28.5 Å². The molecule has 4 aromatic rings. The molecular formula is C37H53N6O3+3. The van der Waals surface area contributed by atoms with Crippen LogP contribution in [-0.2, 0) is 39.3 Å². The van der Waals surface area contributed by atoms with E-state index in [-0.39, 0.29) is 19.6 Å². The third kappa shape index (κ3) is 9.97. The summed E-state index contributed by atoms with van der Waals surface area (Å²) in [4.78, 5) is 41.5. The Kier molecular flexibility index (Phi) is 11.4. The highest BCUT2D eigenvalue weighted by Gasteiger charge is 2.24. The summed E-state index contributed by atoms with van der Waals surface area (Å²) in [6, 6.07) is 30.8. The van der Waals surface area contributed by atoms with Gasteiger partial charge in [0.1, 0.15) is 19.6 Å². The van der Waals surface area contributed by atoms with Crippen LogP contribution in [-0.4, -0.2) is 89.1 Å². The molecule has 46 heavy (non-hydrogen) atoms. The average Bonchev–Trinajstić information content (AvgIpc) is 2.99. The van der Waals surface area contributed by atoms with Gasteiger partial charge in [-0.25, -0.2) is 28.1 Å². The minimum atomic E-state index is -0.522. The standard InChI is InChI=1S/C37H53N6O3/c1-41(2,29-32-17-10-7-11-18-32)26-16-23-38-35(44)39(24-27-42(3,4)30-33-19-12-8-13-20-33)37(46)40(36(38)45)25-28-43(5,6)31-34-21-14-9-15-22-34/h7-15,17-22H,16,23-31H2,1-6H3/q+3. The molecule has 0 N–H and O–H groups in total. The summed E-state index contributed by atoms with van der Waals surface area (Å²) in [5, 5.41) is 0. The predicted molar refractivity (Wildman–Crippen MR) is 185 cm³/mol. The lowest BCUT2D eigenvalue weighted by Gasteiger charge is -2.31. The Morgan fingerprint density at radius 3 is 1.02 bits per heavy atom. The van der Waals surface area contributed by atoms with E-state index in [2.05, 4.69) is 78.7 Å². The Balaban J connectivity index is 1.58. The van der Waals surface area contributed by atoms with Crippen LogP contribution in [0.15, 0.2) is 105 Å². The second kappa shape index (κ2) is 15.0. The van der Waals surface area contributed by atoms with E-state index in [9.17, 15) is 14.4 Å². The Morgan fingerprint density at radius 1 is 0.413 bits per heavy atom. The van der Waals surface area contributed by atoms with Crippen LogP contribution in [0.1, 0.15) is 23.1 Å². The van der Waals surface area contributed by atoms with Gasteiger partial charge in [0.2, 0.25) is 0 Å². The maximum absolute atomic E-state index is 13.8. The first kappa shape index (κ1) is 34.8. The van der Waals surface area contributed by atoms with E-state index in [0.717, 1.165) is 30.7 Å². The van der Waals surface area contributed by atoms with Gasteiger partial charge in [-0.05, 0) is 0 Å². The second-order valence-corrected chi connectivity index (χ2v) is 14.6. The summed E-state index contributed by atoms with van der Waals surface area (Å²) in [5.41, 5.74) is 2.07. The second-order valence-electron chi connectivity index (χ2n) is 14.6. The molecule has 1 heterocycles. The molecule has 9 heteroatoms. The molecular weight excluding hydrogens is 576 g/mol. The molecule has 0 spiro atoms. The first-order valence-corrected chi connectivity index (χ1v) is 16.3. The summed E-state index contributed by atoms with van der Waals surface area (Å²) in [5.74, 6) is 0. The van der Waals surface area contributed by atoms with Crippen LogP contribution in [0.5, 0.6) is 0 Å². The van der Waals surface area contributed by atoms with Crippen LogP contribution >= 0.6 is 0 Å². The summed E-state index contributed by atoms with van der Waals surface area (Å²) in [6.07, 6.45) is 0.637. The minimum Gasteiger partial charge on any atom is -0.325 e. The maximum Gasteiger partial charge on any atom is 0.336 e. The van der Waals surface area contributed by atoms with Crippen molar-refractivity contribution in [2.45, 2.75) is 45.7 Å². The van der Waals surface area contributed by atoms with Crippen LogP contribution in [0.2, 0.25) is 0 Å². The SMILES string of the molecule is C[N+](C)(CCCn1c(=O)n(CC[N+](C)(C)Cc2ccccc2)c(=O)n(CC[N+](C)(C)Cc2ccccc2)c1=O)Cc1ccccc1. The molecule has 0 saturated carbocycles. The smallest absolute Gasteiger partial charge is 0.325 e. The van der Waals surface area contributed by atoms with Gasteiger partial charge in [0.05, 0.1) is 75.0 Å². The van der Waals surface area contributed by atoms with Crippen LogP contribution in [0.3, 0.4) is 0 Å². The van der Waals surface area contributed by atoms with Crippen molar-refractivity contribution in [1.29, 1.82) is 0 Å². The highest BCUT2D eigenvalue weighted by molar-refractivity contribution is 5.14. The molecule has 3 aromatic carbocycles. The summed E-state index contributed by atoms with van der Waals surface area (Å²) in [6.45, 7) is 5.03. The molecule has 0 bridgehead atoms. The van der Waals surface area contributed by atoms with Crippen molar-refractivity contribution in [2.24, 2.45) is 0 Å². The van der Waals surface area contributed by atoms with Gasteiger partial charge < -0.3 is 13.4 Å². The number of hydrogen-bond acceptors (Lipinski definition) is 3. The van der Waals surface area contributed by atoms with Gasteiger partial charge in [-0.15, -0.1) is 0 Å². The third-order valence-electron chi connectivity index (χ3n) is 8.75. The number of nitrogens with zero attached hydrogens (tertiary/aromatic N) is 6. The zero-order valence-corrected chi connectivity index (χ0v) is 28.6. The molecule has 0 aliphatic heterocycles. The largest absolute Gasteiger partial charge is 0.336 e. The van der Waals surface area contributed by atoms with Gasteiger partial charge in [0.25, 0.3) is 0 Å². The monoisotopic (exact) mass is 629 g/mol. The number of aromatic nitrogens is 3. The lowest BCUT2D eigenvalue weighted by atomic mass is 10.2. The van der Waals surface area contributed by atoms with Gasteiger partial charge in [0, 0.05) is 29.7 Å². The zero-order valence-electron chi connectivity index (χ0n) is 28.6. The normalized spacial score (nSPS) is 12.4. The molecule has 1 aromatic heterocycles. The van der Waals surface area contributed by atoms with Crippen molar-refractivity contribution in [3.63, 3.8) is 0 Å². The van der Waals surface area contributed by atoms with Gasteiger partial charge in [-0.2, -0.15) is 0 Å². The minimum absolute atomic E-state index is 0.232. The molecule has 0 atom stereocenters. The number of rotatable bonds is 16. The van der Waals surface area contributed by atoms with Gasteiger partial charge in [-0.3, -0.25) is 0 Å². The van der Waals surface area contributed by atoms with Crippen LogP contribution < -0.4 is 17.1 Å². The zero-order chi connectivity index (χ0) is 33.4. The first-order chi connectivity index (χ1) is 21.8. The molecule has 0 amide bonds. The molecule has 0 saturated heterocycles. The molecule has 0 aliphatic rings. The van der Waals surface area contributed by atoms with E-state index in [4.69, 9.17) is 0 Å². The maximum atomic E-state index is 13.8. The van der Waals surface area contributed by atoms with Crippen molar-refractivity contribution in [3.8, 4) is 0 Å². The van der Waals surface area contributed by atoms with E-state index >= 15 is 0 Å². The van der Waals surface area contributed by atoms with Crippen molar-refractivity contribution in [1.82, 2.24) is 13.7 Å². The molecule has 4 rings (SSSR count). The predicted octanol–water partition coefficient (Wildman–Crippen LogP) is 3.39. The molecule has 0 aliphatic carbocycles.